The SMILES string of the molecule is CO/N=C1/CN[C@H](C(=O)O)C1. The van der Waals surface area contributed by atoms with Crippen molar-refractivity contribution in [3.63, 3.8) is 0 Å². The molecule has 1 atom stereocenters. The van der Waals surface area contributed by atoms with Gasteiger partial charge in [-0.1, -0.05) is 5.16 Å². The summed E-state index contributed by atoms with van der Waals surface area (Å²) in [7, 11) is 1.45. The molecule has 1 fully saturated rings. The molecule has 1 aliphatic rings. The van der Waals surface area contributed by atoms with Crippen LogP contribution in [-0.4, -0.2) is 36.5 Å². The number of rotatable bonds is 2. The summed E-state index contributed by atoms with van der Waals surface area (Å²) < 4.78 is 0. The lowest BCUT2D eigenvalue weighted by Gasteiger charge is -1.98. The van der Waals surface area contributed by atoms with E-state index in [1.807, 2.05) is 0 Å². The van der Waals surface area contributed by atoms with Crippen LogP contribution < -0.4 is 5.32 Å². The van der Waals surface area contributed by atoms with Crippen molar-refractivity contribution in [3.05, 3.63) is 0 Å². The van der Waals surface area contributed by atoms with E-state index in [1.165, 1.54) is 7.11 Å². The van der Waals surface area contributed by atoms with E-state index in [-0.39, 0.29) is 0 Å². The first-order valence-electron chi connectivity index (χ1n) is 3.29. The van der Waals surface area contributed by atoms with Crippen molar-refractivity contribution in [1.29, 1.82) is 0 Å². The summed E-state index contributed by atoms with van der Waals surface area (Å²) in [6.45, 7) is 0.505. The summed E-state index contributed by atoms with van der Waals surface area (Å²) in [5.41, 5.74) is 0.750. The molecule has 11 heavy (non-hydrogen) atoms. The summed E-state index contributed by atoms with van der Waals surface area (Å²) in [5, 5.41) is 15.0. The van der Waals surface area contributed by atoms with Crippen LogP contribution in [0.4, 0.5) is 0 Å². The number of aliphatic carboxylic acids is 1. The highest BCUT2D eigenvalue weighted by Crippen LogP contribution is 2.03. The van der Waals surface area contributed by atoms with E-state index in [0.29, 0.717) is 13.0 Å². The molecule has 62 valence electrons. The van der Waals surface area contributed by atoms with Gasteiger partial charge in [-0.05, 0) is 0 Å². The van der Waals surface area contributed by atoms with Crippen LogP contribution in [0.5, 0.6) is 0 Å². The predicted octanol–water partition coefficient (Wildman–Crippen LogP) is -0.565. The van der Waals surface area contributed by atoms with Gasteiger partial charge in [0.25, 0.3) is 0 Å². The van der Waals surface area contributed by atoms with Gasteiger partial charge in [0, 0.05) is 13.0 Å². The highest BCUT2D eigenvalue weighted by molar-refractivity contribution is 5.94. The molecule has 0 radical (unpaired) electrons. The van der Waals surface area contributed by atoms with Crippen molar-refractivity contribution < 1.29 is 14.7 Å². The van der Waals surface area contributed by atoms with Crippen molar-refractivity contribution in [2.45, 2.75) is 12.5 Å². The molecule has 2 N–H and O–H groups in total. The molecule has 1 aliphatic heterocycles. The van der Waals surface area contributed by atoms with E-state index in [2.05, 4.69) is 15.3 Å². The van der Waals surface area contributed by atoms with Crippen molar-refractivity contribution >= 4 is 11.7 Å². The number of carboxylic acid groups (broad SMARTS) is 1. The fraction of sp³-hybridized carbons (Fsp3) is 0.667. The number of nitrogens with one attached hydrogen (secondary N) is 1. The standard InChI is InChI=1S/C6H10N2O3/c1-11-8-4-2-5(6(9)10)7-3-4/h5,7H,2-3H2,1H3,(H,9,10)/b8-4+/t5-/m0/s1. The van der Waals surface area contributed by atoms with Crippen LogP contribution >= 0.6 is 0 Å². The second kappa shape index (κ2) is 3.34. The lowest BCUT2D eigenvalue weighted by Crippen LogP contribution is -2.29. The normalized spacial score (nSPS) is 27.4. The topological polar surface area (TPSA) is 70.9 Å². The zero-order chi connectivity index (χ0) is 8.27. The molecule has 0 aromatic heterocycles. The summed E-state index contributed by atoms with van der Waals surface area (Å²) in [6, 6.07) is -0.496. The molecule has 0 amide bonds. The molecule has 5 heteroatoms. The zero-order valence-electron chi connectivity index (χ0n) is 6.20. The van der Waals surface area contributed by atoms with E-state index in [9.17, 15) is 4.79 Å². The number of oxime groups is 1. The molecule has 0 aromatic rings. The molecular weight excluding hydrogens is 148 g/mol. The Morgan fingerprint density at radius 2 is 2.64 bits per heavy atom. The van der Waals surface area contributed by atoms with E-state index in [4.69, 9.17) is 5.11 Å². The fourth-order valence-corrected chi connectivity index (χ4v) is 0.994. The molecule has 1 saturated heterocycles. The fourth-order valence-electron chi connectivity index (χ4n) is 0.994. The van der Waals surface area contributed by atoms with Gasteiger partial charge in [-0.2, -0.15) is 0 Å². The molecule has 1 heterocycles. The summed E-state index contributed by atoms with van der Waals surface area (Å²) in [6.07, 6.45) is 0.434. The van der Waals surface area contributed by atoms with E-state index in [1.54, 1.807) is 0 Å². The third kappa shape index (κ3) is 1.91. The van der Waals surface area contributed by atoms with Crippen LogP contribution in [-0.2, 0) is 9.63 Å². The average Bonchev–Trinajstić information content (AvgIpc) is 2.37. The van der Waals surface area contributed by atoms with Gasteiger partial charge in [0.15, 0.2) is 0 Å². The van der Waals surface area contributed by atoms with Gasteiger partial charge < -0.3 is 9.94 Å². The van der Waals surface area contributed by atoms with Crippen LogP contribution in [0.25, 0.3) is 0 Å². The monoisotopic (exact) mass is 158 g/mol. The Balaban J connectivity index is 2.47. The lowest BCUT2D eigenvalue weighted by molar-refractivity contribution is -0.138. The van der Waals surface area contributed by atoms with Gasteiger partial charge in [-0.15, -0.1) is 0 Å². The van der Waals surface area contributed by atoms with Gasteiger partial charge in [-0.3, -0.25) is 10.1 Å². The minimum Gasteiger partial charge on any atom is -0.480 e. The van der Waals surface area contributed by atoms with Crippen LogP contribution in [0.15, 0.2) is 5.16 Å². The Morgan fingerprint density at radius 3 is 3.09 bits per heavy atom. The first-order chi connectivity index (χ1) is 5.24. The second-order valence-electron chi connectivity index (χ2n) is 2.32. The van der Waals surface area contributed by atoms with E-state index >= 15 is 0 Å². The van der Waals surface area contributed by atoms with Crippen LogP contribution in [0.1, 0.15) is 6.42 Å². The Labute approximate surface area is 64.0 Å². The molecule has 1 rings (SSSR count). The van der Waals surface area contributed by atoms with Crippen LogP contribution in [0.3, 0.4) is 0 Å². The maximum atomic E-state index is 10.4. The van der Waals surface area contributed by atoms with E-state index < -0.39 is 12.0 Å². The molecule has 0 spiro atoms. The number of nitrogens with zero attached hydrogens (tertiary/aromatic N) is 1. The average molecular weight is 158 g/mol. The lowest BCUT2D eigenvalue weighted by atomic mass is 10.2. The number of carbonyl (C=O) groups is 1. The van der Waals surface area contributed by atoms with E-state index in [0.717, 1.165) is 5.71 Å². The van der Waals surface area contributed by atoms with Gasteiger partial charge in [0.2, 0.25) is 0 Å². The molecule has 0 aromatic carbocycles. The minimum atomic E-state index is -0.841. The van der Waals surface area contributed by atoms with Gasteiger partial charge in [-0.25, -0.2) is 0 Å². The van der Waals surface area contributed by atoms with Crippen molar-refractivity contribution in [1.82, 2.24) is 5.32 Å². The summed E-state index contributed by atoms with van der Waals surface area (Å²) in [5.74, 6) is -0.841. The van der Waals surface area contributed by atoms with Crippen LogP contribution in [0.2, 0.25) is 0 Å². The smallest absolute Gasteiger partial charge is 0.321 e. The molecular formula is C6H10N2O3. The maximum Gasteiger partial charge on any atom is 0.321 e. The van der Waals surface area contributed by atoms with Gasteiger partial charge in [0.05, 0.1) is 5.71 Å². The highest BCUT2D eigenvalue weighted by Gasteiger charge is 2.26. The molecule has 0 aliphatic carbocycles. The van der Waals surface area contributed by atoms with Crippen molar-refractivity contribution in [3.8, 4) is 0 Å². The Bertz CT molecular complexity index is 190. The molecule has 0 unspecified atom stereocenters. The quantitative estimate of drug-likeness (QED) is 0.528. The second-order valence-corrected chi connectivity index (χ2v) is 2.32. The summed E-state index contributed by atoms with van der Waals surface area (Å²) >= 11 is 0. The van der Waals surface area contributed by atoms with Gasteiger partial charge >= 0.3 is 5.97 Å². The Kier molecular flexibility index (Phi) is 2.43. The third-order valence-corrected chi connectivity index (χ3v) is 1.51. The minimum absolute atomic E-state index is 0.434. The largest absolute Gasteiger partial charge is 0.480 e. The molecule has 5 nitrogen and oxygen atoms in total. The zero-order valence-corrected chi connectivity index (χ0v) is 6.20. The molecule has 0 bridgehead atoms. The highest BCUT2D eigenvalue weighted by atomic mass is 16.6. The van der Waals surface area contributed by atoms with Gasteiger partial charge in [0.1, 0.15) is 13.2 Å². The Hall–Kier alpha value is -1.10. The van der Waals surface area contributed by atoms with Crippen LogP contribution in [0, 0.1) is 0 Å². The Morgan fingerprint density at radius 1 is 1.91 bits per heavy atom. The van der Waals surface area contributed by atoms with Crippen molar-refractivity contribution in [2.75, 3.05) is 13.7 Å². The maximum absolute atomic E-state index is 10.4. The first-order valence-corrected chi connectivity index (χ1v) is 3.29. The molecule has 0 saturated carbocycles. The number of carboxylic acids is 1. The number of hydrogen-bond acceptors (Lipinski definition) is 4. The predicted molar refractivity (Wildman–Crippen MR) is 38.5 cm³/mol. The first kappa shape index (κ1) is 8.00. The summed E-state index contributed by atoms with van der Waals surface area (Å²) in [4.78, 5) is 14.9. The third-order valence-electron chi connectivity index (χ3n) is 1.51. The van der Waals surface area contributed by atoms with Crippen molar-refractivity contribution in [2.24, 2.45) is 5.16 Å². The number of hydrogen-bond donors (Lipinski definition) is 2.